The van der Waals surface area contributed by atoms with E-state index in [9.17, 15) is 9.59 Å². The number of aliphatic carboxylic acids is 2. The number of hydrogen-bond donors (Lipinski definition) is 3. The average molecular weight is 241 g/mol. The molecule has 0 unspecified atom stereocenters. The highest BCUT2D eigenvalue weighted by atomic mass is 16.5. The number of nitrogen functional groups attached to an aromatic ring is 1. The van der Waals surface area contributed by atoms with Gasteiger partial charge >= 0.3 is 11.9 Å². The lowest BCUT2D eigenvalue weighted by molar-refractivity contribution is -0.140. The third-order valence-corrected chi connectivity index (χ3v) is 1.67. The molecule has 1 rings (SSSR count). The third kappa shape index (κ3) is 4.29. The Kier molecular flexibility index (Phi) is 4.15. The van der Waals surface area contributed by atoms with Gasteiger partial charge in [-0.15, -0.1) is 0 Å². The van der Waals surface area contributed by atoms with Crippen molar-refractivity contribution in [3.8, 4) is 11.5 Å². The summed E-state index contributed by atoms with van der Waals surface area (Å²) in [5.41, 5.74) is 5.85. The maximum Gasteiger partial charge on any atom is 0.341 e. The van der Waals surface area contributed by atoms with Crippen LogP contribution in [0.25, 0.3) is 0 Å². The predicted octanol–water partition coefficient (Wildman–Crippen LogP) is 0.196. The Hall–Kier alpha value is -2.44. The van der Waals surface area contributed by atoms with Crippen molar-refractivity contribution in [1.29, 1.82) is 0 Å². The van der Waals surface area contributed by atoms with Crippen LogP contribution in [0.3, 0.4) is 0 Å². The van der Waals surface area contributed by atoms with Crippen molar-refractivity contribution >= 4 is 17.6 Å². The molecule has 0 fully saturated rings. The number of carboxylic acids is 2. The molecular formula is C10H11NO6. The number of nitrogens with two attached hydrogens (primary N) is 1. The zero-order valence-electron chi connectivity index (χ0n) is 8.75. The minimum atomic E-state index is -1.16. The van der Waals surface area contributed by atoms with Crippen LogP contribution < -0.4 is 15.2 Å². The summed E-state index contributed by atoms with van der Waals surface area (Å²) in [5.74, 6) is -2.08. The summed E-state index contributed by atoms with van der Waals surface area (Å²) in [6.45, 7) is -1.11. The van der Waals surface area contributed by atoms with Gasteiger partial charge in [-0.25, -0.2) is 9.59 Å². The SMILES string of the molecule is Nc1ccc(OCC(=O)O)c(OCC(=O)O)c1. The second-order valence-electron chi connectivity index (χ2n) is 3.07. The second kappa shape index (κ2) is 5.59. The van der Waals surface area contributed by atoms with E-state index in [0.717, 1.165) is 0 Å². The molecule has 17 heavy (non-hydrogen) atoms. The quantitative estimate of drug-likeness (QED) is 0.608. The van der Waals surface area contributed by atoms with Crippen molar-refractivity contribution in [3.05, 3.63) is 18.2 Å². The van der Waals surface area contributed by atoms with Crippen LogP contribution in [0.4, 0.5) is 5.69 Å². The minimum Gasteiger partial charge on any atom is -0.479 e. The van der Waals surface area contributed by atoms with Crippen molar-refractivity contribution in [1.82, 2.24) is 0 Å². The van der Waals surface area contributed by atoms with Crippen LogP contribution in [0.2, 0.25) is 0 Å². The number of rotatable bonds is 6. The fourth-order valence-corrected chi connectivity index (χ4v) is 1.04. The van der Waals surface area contributed by atoms with Crippen LogP contribution in [0.1, 0.15) is 0 Å². The van der Waals surface area contributed by atoms with E-state index in [2.05, 4.69) is 0 Å². The first-order valence-corrected chi connectivity index (χ1v) is 4.57. The summed E-state index contributed by atoms with van der Waals surface area (Å²) < 4.78 is 9.83. The fraction of sp³-hybridized carbons (Fsp3) is 0.200. The Morgan fingerprint density at radius 1 is 1.06 bits per heavy atom. The van der Waals surface area contributed by atoms with Gasteiger partial charge in [0.2, 0.25) is 0 Å². The molecule has 92 valence electrons. The zero-order valence-corrected chi connectivity index (χ0v) is 8.75. The Morgan fingerprint density at radius 2 is 1.59 bits per heavy atom. The van der Waals surface area contributed by atoms with Gasteiger partial charge in [0.15, 0.2) is 24.7 Å². The summed E-state index contributed by atoms with van der Waals surface area (Å²) >= 11 is 0. The largest absolute Gasteiger partial charge is 0.479 e. The van der Waals surface area contributed by atoms with Crippen LogP contribution in [0, 0.1) is 0 Å². The first kappa shape index (κ1) is 12.6. The maximum absolute atomic E-state index is 10.3. The fourth-order valence-electron chi connectivity index (χ4n) is 1.04. The molecule has 0 atom stereocenters. The molecule has 0 amide bonds. The monoisotopic (exact) mass is 241 g/mol. The van der Waals surface area contributed by atoms with Gasteiger partial charge in [0.05, 0.1) is 0 Å². The first-order valence-electron chi connectivity index (χ1n) is 4.57. The van der Waals surface area contributed by atoms with Gasteiger partial charge in [-0.1, -0.05) is 0 Å². The van der Waals surface area contributed by atoms with E-state index in [1.165, 1.54) is 18.2 Å². The summed E-state index contributed by atoms with van der Waals surface area (Å²) in [6, 6.07) is 4.26. The van der Waals surface area contributed by atoms with Gasteiger partial charge < -0.3 is 25.4 Å². The molecule has 0 aromatic heterocycles. The van der Waals surface area contributed by atoms with Crippen LogP contribution in [-0.4, -0.2) is 35.4 Å². The smallest absolute Gasteiger partial charge is 0.341 e. The molecule has 0 saturated heterocycles. The molecule has 0 bridgehead atoms. The second-order valence-corrected chi connectivity index (χ2v) is 3.07. The van der Waals surface area contributed by atoms with E-state index in [0.29, 0.717) is 5.69 Å². The standard InChI is InChI=1S/C10H11NO6/c11-6-1-2-7(16-4-9(12)13)8(3-6)17-5-10(14)15/h1-3H,4-5,11H2,(H,12,13)(H,14,15). The Bertz CT molecular complexity index is 431. The number of anilines is 1. The van der Waals surface area contributed by atoms with Gasteiger partial charge in [-0.05, 0) is 12.1 Å². The minimum absolute atomic E-state index is 0.0913. The first-order chi connectivity index (χ1) is 7.99. The number of carbonyl (C=O) groups is 2. The van der Waals surface area contributed by atoms with Crippen molar-refractivity contribution in [2.45, 2.75) is 0 Å². The third-order valence-electron chi connectivity index (χ3n) is 1.67. The molecule has 4 N–H and O–H groups in total. The number of benzene rings is 1. The van der Waals surface area contributed by atoms with Crippen LogP contribution in [-0.2, 0) is 9.59 Å². The molecule has 0 heterocycles. The van der Waals surface area contributed by atoms with Crippen LogP contribution in [0.5, 0.6) is 11.5 Å². The highest BCUT2D eigenvalue weighted by Crippen LogP contribution is 2.29. The predicted molar refractivity (Wildman–Crippen MR) is 57.1 cm³/mol. The van der Waals surface area contributed by atoms with E-state index >= 15 is 0 Å². The molecular weight excluding hydrogens is 230 g/mol. The number of ether oxygens (including phenoxy) is 2. The molecule has 0 aliphatic heterocycles. The maximum atomic E-state index is 10.3. The van der Waals surface area contributed by atoms with Gasteiger partial charge in [-0.3, -0.25) is 0 Å². The van der Waals surface area contributed by atoms with Crippen molar-refractivity contribution in [2.24, 2.45) is 0 Å². The van der Waals surface area contributed by atoms with Gasteiger partial charge in [-0.2, -0.15) is 0 Å². The van der Waals surface area contributed by atoms with Gasteiger partial charge in [0.1, 0.15) is 0 Å². The highest BCUT2D eigenvalue weighted by molar-refractivity contribution is 5.69. The van der Waals surface area contributed by atoms with Crippen molar-refractivity contribution in [3.63, 3.8) is 0 Å². The molecule has 0 aliphatic carbocycles. The van der Waals surface area contributed by atoms with Crippen molar-refractivity contribution in [2.75, 3.05) is 18.9 Å². The molecule has 7 nitrogen and oxygen atoms in total. The number of hydrogen-bond acceptors (Lipinski definition) is 5. The average Bonchev–Trinajstić information content (AvgIpc) is 2.24. The summed E-state index contributed by atoms with van der Waals surface area (Å²) in [4.78, 5) is 20.7. The van der Waals surface area contributed by atoms with E-state index in [1.807, 2.05) is 0 Å². The Labute approximate surface area is 96.4 Å². The molecule has 0 radical (unpaired) electrons. The lowest BCUT2D eigenvalue weighted by Crippen LogP contribution is -2.13. The Morgan fingerprint density at radius 3 is 2.12 bits per heavy atom. The molecule has 0 aliphatic rings. The van der Waals surface area contributed by atoms with E-state index in [-0.39, 0.29) is 11.5 Å². The van der Waals surface area contributed by atoms with Gasteiger partial charge in [0, 0.05) is 11.8 Å². The summed E-state index contributed by atoms with van der Waals surface area (Å²) in [5, 5.41) is 16.9. The van der Waals surface area contributed by atoms with Gasteiger partial charge in [0.25, 0.3) is 0 Å². The molecule has 7 heteroatoms. The molecule has 0 saturated carbocycles. The summed E-state index contributed by atoms with van der Waals surface area (Å²) in [7, 11) is 0. The molecule has 0 spiro atoms. The summed E-state index contributed by atoms with van der Waals surface area (Å²) in [6.07, 6.45) is 0. The van der Waals surface area contributed by atoms with E-state index < -0.39 is 25.2 Å². The van der Waals surface area contributed by atoms with E-state index in [4.69, 9.17) is 25.4 Å². The highest BCUT2D eigenvalue weighted by Gasteiger charge is 2.09. The lowest BCUT2D eigenvalue weighted by Gasteiger charge is -2.10. The zero-order chi connectivity index (χ0) is 12.8. The van der Waals surface area contributed by atoms with Crippen LogP contribution in [0.15, 0.2) is 18.2 Å². The van der Waals surface area contributed by atoms with E-state index in [1.54, 1.807) is 0 Å². The molecule has 1 aromatic rings. The van der Waals surface area contributed by atoms with Crippen LogP contribution >= 0.6 is 0 Å². The lowest BCUT2D eigenvalue weighted by atomic mass is 10.3. The normalized spacial score (nSPS) is 9.65. The topological polar surface area (TPSA) is 119 Å². The van der Waals surface area contributed by atoms with Crippen molar-refractivity contribution < 1.29 is 29.3 Å². The number of carboxylic acid groups (broad SMARTS) is 2. The Balaban J connectivity index is 2.79. The molecule has 1 aromatic carbocycles.